The highest BCUT2D eigenvalue weighted by molar-refractivity contribution is 5.79. The van der Waals surface area contributed by atoms with E-state index >= 15 is 0 Å². The second-order valence-electron chi connectivity index (χ2n) is 6.69. The summed E-state index contributed by atoms with van der Waals surface area (Å²) in [6, 6.07) is 0. The molecule has 2 unspecified atom stereocenters. The van der Waals surface area contributed by atoms with Gasteiger partial charge in [0.2, 0.25) is 0 Å². The van der Waals surface area contributed by atoms with E-state index < -0.39 is 11.4 Å². The van der Waals surface area contributed by atoms with Gasteiger partial charge in [0.05, 0.1) is 5.41 Å². The maximum atomic E-state index is 12.2. The second-order valence-corrected chi connectivity index (χ2v) is 6.69. The van der Waals surface area contributed by atoms with Crippen LogP contribution >= 0.6 is 0 Å². The fourth-order valence-electron chi connectivity index (χ4n) is 3.66. The first-order valence-electron chi connectivity index (χ1n) is 9.23. The van der Waals surface area contributed by atoms with Crippen LogP contribution in [0.5, 0.6) is 0 Å². The first kappa shape index (κ1) is 20.0. The quantitative estimate of drug-likeness (QED) is 0.491. The highest BCUT2D eigenvalue weighted by Crippen LogP contribution is 2.46. The molecule has 0 aromatic carbocycles. The van der Waals surface area contributed by atoms with Gasteiger partial charge in [-0.1, -0.05) is 76.2 Å². The van der Waals surface area contributed by atoms with Gasteiger partial charge in [-0.3, -0.25) is 4.79 Å². The van der Waals surface area contributed by atoms with E-state index in [0.717, 1.165) is 44.9 Å². The Kier molecular flexibility index (Phi) is 9.23. The Bertz CT molecular complexity index is 411. The minimum atomic E-state index is -0.721. The van der Waals surface area contributed by atoms with Gasteiger partial charge in [-0.15, -0.1) is 0 Å². The molecule has 0 radical (unpaired) electrons. The predicted molar refractivity (Wildman–Crippen MR) is 95.6 cm³/mol. The highest BCUT2D eigenvalue weighted by Gasteiger charge is 2.45. The van der Waals surface area contributed by atoms with Crippen LogP contribution in [0, 0.1) is 11.3 Å². The number of aliphatic carboxylic acids is 1. The summed E-state index contributed by atoms with van der Waals surface area (Å²) in [5, 5.41) is 10.0. The van der Waals surface area contributed by atoms with Crippen LogP contribution < -0.4 is 0 Å². The van der Waals surface area contributed by atoms with Crippen molar-refractivity contribution < 1.29 is 14.6 Å². The van der Waals surface area contributed by atoms with E-state index in [1.54, 1.807) is 7.11 Å². The van der Waals surface area contributed by atoms with Crippen LogP contribution in [0.15, 0.2) is 23.8 Å². The van der Waals surface area contributed by atoms with E-state index in [-0.39, 0.29) is 5.92 Å². The lowest BCUT2D eigenvalue weighted by atomic mass is 9.64. The Labute approximate surface area is 141 Å². The van der Waals surface area contributed by atoms with Crippen LogP contribution in [-0.4, -0.2) is 24.8 Å². The van der Waals surface area contributed by atoms with Crippen LogP contribution in [0.4, 0.5) is 0 Å². The van der Waals surface area contributed by atoms with E-state index in [1.165, 1.54) is 18.4 Å². The average Bonchev–Trinajstić information content (AvgIpc) is 2.55. The molecule has 1 aliphatic rings. The molecule has 0 aromatic heterocycles. The number of hydrogen-bond donors (Lipinski definition) is 1. The number of carbonyl (C=O) groups is 1. The molecule has 0 fully saturated rings. The van der Waals surface area contributed by atoms with Crippen molar-refractivity contribution in [1.29, 1.82) is 0 Å². The van der Waals surface area contributed by atoms with Gasteiger partial charge in [-0.25, -0.2) is 0 Å². The zero-order valence-corrected chi connectivity index (χ0v) is 15.1. The van der Waals surface area contributed by atoms with Crippen molar-refractivity contribution in [2.24, 2.45) is 11.3 Å². The Morgan fingerprint density at radius 3 is 2.57 bits per heavy atom. The molecule has 3 heteroatoms. The summed E-state index contributed by atoms with van der Waals surface area (Å²) in [7, 11) is 1.70. The first-order valence-corrected chi connectivity index (χ1v) is 9.23. The number of allylic oxidation sites excluding steroid dienone is 2. The number of ether oxygens (including phenoxy) is 1. The average molecular weight is 322 g/mol. The van der Waals surface area contributed by atoms with E-state index in [1.807, 2.05) is 12.2 Å². The molecule has 0 spiro atoms. The number of carboxylic acid groups (broad SMARTS) is 1. The maximum Gasteiger partial charge on any atom is 0.314 e. The largest absolute Gasteiger partial charge is 0.481 e. The molecule has 0 aromatic rings. The van der Waals surface area contributed by atoms with Crippen LogP contribution in [0.25, 0.3) is 0 Å². The normalized spacial score (nSPS) is 23.8. The first-order chi connectivity index (χ1) is 11.1. The monoisotopic (exact) mass is 322 g/mol. The molecule has 2 atom stereocenters. The van der Waals surface area contributed by atoms with Gasteiger partial charge in [0.15, 0.2) is 0 Å². The molecule has 0 aliphatic heterocycles. The van der Waals surface area contributed by atoms with Crippen molar-refractivity contribution in [3.63, 3.8) is 0 Å². The SMILES string of the molecule is CCCCCCC1(C(=O)O)C=CC=C(CCOC)C1CCCC. The van der Waals surface area contributed by atoms with Crippen molar-refractivity contribution in [3.05, 3.63) is 23.8 Å². The smallest absolute Gasteiger partial charge is 0.314 e. The Morgan fingerprint density at radius 2 is 1.96 bits per heavy atom. The highest BCUT2D eigenvalue weighted by atomic mass is 16.5. The predicted octanol–water partition coefficient (Wildman–Crippen LogP) is 5.37. The van der Waals surface area contributed by atoms with E-state index in [0.29, 0.717) is 6.61 Å². The molecule has 0 bridgehead atoms. The van der Waals surface area contributed by atoms with E-state index in [2.05, 4.69) is 19.9 Å². The summed E-state index contributed by atoms with van der Waals surface area (Å²) in [4.78, 5) is 12.2. The van der Waals surface area contributed by atoms with E-state index in [4.69, 9.17) is 4.74 Å². The topological polar surface area (TPSA) is 46.5 Å². The summed E-state index contributed by atoms with van der Waals surface area (Å²) in [5.41, 5.74) is 0.529. The zero-order valence-electron chi connectivity index (χ0n) is 15.1. The van der Waals surface area contributed by atoms with Crippen LogP contribution in [0.1, 0.15) is 71.6 Å². The fourth-order valence-corrected chi connectivity index (χ4v) is 3.66. The van der Waals surface area contributed by atoms with Crippen LogP contribution in [0.2, 0.25) is 0 Å². The van der Waals surface area contributed by atoms with Crippen molar-refractivity contribution in [1.82, 2.24) is 0 Å². The number of carboxylic acids is 1. The lowest BCUT2D eigenvalue weighted by Crippen LogP contribution is -2.39. The summed E-state index contributed by atoms with van der Waals surface area (Å²) in [6.45, 7) is 5.01. The van der Waals surface area contributed by atoms with Gasteiger partial charge >= 0.3 is 5.97 Å². The summed E-state index contributed by atoms with van der Waals surface area (Å²) >= 11 is 0. The third-order valence-electron chi connectivity index (χ3n) is 5.06. The standard InChI is InChI=1S/C20H34O3/c1-4-6-8-9-14-20(19(21)22)15-10-11-17(13-16-23-3)18(20)12-7-5-2/h10-11,15,18H,4-9,12-14,16H2,1-3H3,(H,21,22). The Hall–Kier alpha value is -1.09. The molecule has 0 saturated heterocycles. The Balaban J connectivity index is 2.95. The molecule has 1 aliphatic carbocycles. The molecular formula is C20H34O3. The minimum absolute atomic E-state index is 0.113. The molecule has 0 amide bonds. The molecule has 1 N–H and O–H groups in total. The summed E-state index contributed by atoms with van der Waals surface area (Å²) in [6.07, 6.45) is 15.2. The third-order valence-corrected chi connectivity index (χ3v) is 5.06. The van der Waals surface area contributed by atoms with Crippen molar-refractivity contribution >= 4 is 5.97 Å². The molecule has 1 rings (SSSR count). The minimum Gasteiger partial charge on any atom is -0.481 e. The summed E-state index contributed by atoms with van der Waals surface area (Å²) in [5.74, 6) is -0.545. The van der Waals surface area contributed by atoms with Crippen LogP contribution in [-0.2, 0) is 9.53 Å². The Morgan fingerprint density at radius 1 is 1.22 bits per heavy atom. The van der Waals surface area contributed by atoms with E-state index in [9.17, 15) is 9.90 Å². The number of methoxy groups -OCH3 is 1. The second kappa shape index (κ2) is 10.6. The number of hydrogen-bond acceptors (Lipinski definition) is 2. The van der Waals surface area contributed by atoms with Crippen molar-refractivity contribution in [3.8, 4) is 0 Å². The number of rotatable bonds is 12. The summed E-state index contributed by atoms with van der Waals surface area (Å²) < 4.78 is 5.23. The third kappa shape index (κ3) is 5.49. The number of unbranched alkanes of at least 4 members (excludes halogenated alkanes) is 4. The van der Waals surface area contributed by atoms with Gasteiger partial charge in [-0.2, -0.15) is 0 Å². The van der Waals surface area contributed by atoms with Gasteiger partial charge < -0.3 is 9.84 Å². The molecule has 23 heavy (non-hydrogen) atoms. The lowest BCUT2D eigenvalue weighted by molar-refractivity contribution is -0.149. The maximum absolute atomic E-state index is 12.2. The molecular weight excluding hydrogens is 288 g/mol. The lowest BCUT2D eigenvalue weighted by Gasteiger charge is -2.39. The van der Waals surface area contributed by atoms with Gasteiger partial charge in [0.1, 0.15) is 0 Å². The van der Waals surface area contributed by atoms with Crippen molar-refractivity contribution in [2.75, 3.05) is 13.7 Å². The van der Waals surface area contributed by atoms with Gasteiger partial charge in [-0.05, 0) is 25.2 Å². The van der Waals surface area contributed by atoms with Gasteiger partial charge in [0, 0.05) is 13.7 Å². The molecule has 0 heterocycles. The van der Waals surface area contributed by atoms with Crippen molar-refractivity contribution in [2.45, 2.75) is 71.6 Å². The van der Waals surface area contributed by atoms with Gasteiger partial charge in [0.25, 0.3) is 0 Å². The molecule has 132 valence electrons. The van der Waals surface area contributed by atoms with Crippen LogP contribution in [0.3, 0.4) is 0 Å². The molecule has 3 nitrogen and oxygen atoms in total. The molecule has 0 saturated carbocycles. The fraction of sp³-hybridized carbons (Fsp3) is 0.750. The zero-order chi connectivity index (χ0) is 17.1.